The molecule has 2 aromatic rings. The number of benzene rings is 1. The van der Waals surface area contributed by atoms with Crippen molar-refractivity contribution in [1.82, 2.24) is 19.8 Å². The van der Waals surface area contributed by atoms with Crippen molar-refractivity contribution in [3.05, 3.63) is 39.6 Å². The summed E-state index contributed by atoms with van der Waals surface area (Å²) in [5, 5.41) is 7.32. The molecule has 0 amide bonds. The Morgan fingerprint density at radius 1 is 1.22 bits per heavy atom. The largest absolute Gasteiger partial charge is 0.368 e. The van der Waals surface area contributed by atoms with E-state index in [1.807, 2.05) is 13.8 Å². The first-order valence-electron chi connectivity index (χ1n) is 5.89. The van der Waals surface area contributed by atoms with Crippen LogP contribution >= 0.6 is 0 Å². The molecule has 0 unspecified atom stereocenters. The number of hydrogen-bond acceptors (Lipinski definition) is 3. The Labute approximate surface area is 104 Å². The maximum absolute atomic E-state index is 14.0. The number of aromatic nitrogens is 4. The molecular formula is C12H15FN4O. The predicted molar refractivity (Wildman–Crippen MR) is 65.3 cm³/mol. The smallest absolute Gasteiger partial charge is 0.244 e. The average Bonchev–Trinajstić information content (AvgIpc) is 2.69. The molecule has 1 aromatic carbocycles. The molecule has 2 rings (SSSR count). The van der Waals surface area contributed by atoms with Gasteiger partial charge in [0.05, 0.1) is 0 Å². The summed E-state index contributed by atoms with van der Waals surface area (Å²) >= 11 is 0. The molecule has 5 nitrogen and oxygen atoms in total. The Hall–Kier alpha value is -1.98. The van der Waals surface area contributed by atoms with Crippen LogP contribution < -0.4 is 5.69 Å². The van der Waals surface area contributed by atoms with E-state index in [0.29, 0.717) is 6.42 Å². The molecule has 0 fully saturated rings. The lowest BCUT2D eigenvalue weighted by Gasteiger charge is -2.12. The van der Waals surface area contributed by atoms with Crippen LogP contribution in [0.1, 0.15) is 25.0 Å². The van der Waals surface area contributed by atoms with E-state index in [4.69, 9.17) is 0 Å². The number of aryl methyl sites for hydroxylation is 2. The van der Waals surface area contributed by atoms with Gasteiger partial charge in [-0.2, -0.15) is 9.36 Å². The minimum absolute atomic E-state index is 0.218. The Morgan fingerprint density at radius 2 is 1.94 bits per heavy atom. The van der Waals surface area contributed by atoms with Gasteiger partial charge in [-0.1, -0.05) is 19.9 Å². The van der Waals surface area contributed by atoms with Gasteiger partial charge >= 0.3 is 5.69 Å². The summed E-state index contributed by atoms with van der Waals surface area (Å²) in [6.45, 7) is 3.93. The van der Waals surface area contributed by atoms with Crippen molar-refractivity contribution in [3.63, 3.8) is 0 Å². The van der Waals surface area contributed by atoms with Crippen molar-refractivity contribution in [2.75, 3.05) is 0 Å². The molecule has 0 saturated heterocycles. The highest BCUT2D eigenvalue weighted by Gasteiger charge is 2.17. The second-order valence-corrected chi connectivity index (χ2v) is 4.04. The van der Waals surface area contributed by atoms with Crippen molar-refractivity contribution >= 4 is 0 Å². The van der Waals surface area contributed by atoms with E-state index < -0.39 is 11.5 Å². The van der Waals surface area contributed by atoms with Crippen LogP contribution in [0.3, 0.4) is 0 Å². The van der Waals surface area contributed by atoms with Gasteiger partial charge in [-0.05, 0) is 40.5 Å². The van der Waals surface area contributed by atoms with Gasteiger partial charge in [-0.25, -0.2) is 9.18 Å². The van der Waals surface area contributed by atoms with Gasteiger partial charge in [-0.15, -0.1) is 0 Å². The number of tetrazole rings is 1. The van der Waals surface area contributed by atoms with Gasteiger partial charge in [0.1, 0.15) is 11.5 Å². The van der Waals surface area contributed by atoms with Gasteiger partial charge < -0.3 is 0 Å². The van der Waals surface area contributed by atoms with Crippen LogP contribution in [0.25, 0.3) is 5.69 Å². The van der Waals surface area contributed by atoms with Crippen molar-refractivity contribution in [2.45, 2.75) is 26.7 Å². The molecule has 1 aromatic heterocycles. The summed E-state index contributed by atoms with van der Waals surface area (Å²) in [6.07, 6.45) is 1.42. The fourth-order valence-electron chi connectivity index (χ4n) is 2.06. The van der Waals surface area contributed by atoms with Gasteiger partial charge in [0.2, 0.25) is 0 Å². The second-order valence-electron chi connectivity index (χ2n) is 4.04. The van der Waals surface area contributed by atoms with Gasteiger partial charge in [0, 0.05) is 7.05 Å². The van der Waals surface area contributed by atoms with Crippen molar-refractivity contribution in [1.29, 1.82) is 0 Å². The summed E-state index contributed by atoms with van der Waals surface area (Å²) < 4.78 is 16.1. The molecule has 18 heavy (non-hydrogen) atoms. The lowest BCUT2D eigenvalue weighted by Crippen LogP contribution is -2.24. The minimum atomic E-state index is -0.452. The molecular weight excluding hydrogens is 235 g/mol. The van der Waals surface area contributed by atoms with Crippen molar-refractivity contribution in [2.24, 2.45) is 7.05 Å². The number of hydrogen-bond donors (Lipinski definition) is 0. The molecule has 0 saturated carbocycles. The third kappa shape index (κ3) is 1.83. The fourth-order valence-corrected chi connectivity index (χ4v) is 2.06. The van der Waals surface area contributed by atoms with Gasteiger partial charge in [-0.3, -0.25) is 0 Å². The first-order valence-corrected chi connectivity index (χ1v) is 5.89. The molecule has 96 valence electrons. The molecule has 6 heteroatoms. The van der Waals surface area contributed by atoms with Crippen LogP contribution in [-0.2, 0) is 19.9 Å². The van der Waals surface area contributed by atoms with Crippen molar-refractivity contribution in [3.8, 4) is 5.69 Å². The molecule has 1 heterocycles. The standard InChI is InChI=1S/C12H15FN4O/c1-4-8-6-7-10(13)11(9(8)5-2)17-12(18)16(3)14-15-17/h6-7H,4-5H2,1-3H3. The van der Waals surface area contributed by atoms with E-state index in [9.17, 15) is 9.18 Å². The molecule has 0 aliphatic heterocycles. The van der Waals surface area contributed by atoms with Crippen LogP contribution in [-0.4, -0.2) is 19.8 Å². The Bertz CT molecular complexity index is 629. The lowest BCUT2D eigenvalue weighted by atomic mass is 10.0. The van der Waals surface area contributed by atoms with E-state index in [0.717, 1.165) is 26.9 Å². The van der Waals surface area contributed by atoms with Crippen LogP contribution in [0.15, 0.2) is 16.9 Å². The zero-order valence-electron chi connectivity index (χ0n) is 10.6. The summed E-state index contributed by atoms with van der Waals surface area (Å²) in [6, 6.07) is 3.12. The number of halogens is 1. The van der Waals surface area contributed by atoms with E-state index in [2.05, 4.69) is 10.4 Å². The molecule has 0 N–H and O–H groups in total. The van der Waals surface area contributed by atoms with Crippen LogP contribution in [0.2, 0.25) is 0 Å². The maximum Gasteiger partial charge on any atom is 0.368 e. The maximum atomic E-state index is 14.0. The lowest BCUT2D eigenvalue weighted by molar-refractivity contribution is 0.599. The monoisotopic (exact) mass is 250 g/mol. The van der Waals surface area contributed by atoms with E-state index in [1.54, 1.807) is 6.07 Å². The SMILES string of the molecule is CCc1ccc(F)c(-n2nnn(C)c2=O)c1CC. The van der Waals surface area contributed by atoms with E-state index in [1.165, 1.54) is 13.1 Å². The highest BCUT2D eigenvalue weighted by molar-refractivity contribution is 5.46. The van der Waals surface area contributed by atoms with Crippen LogP contribution in [0.4, 0.5) is 4.39 Å². The zero-order valence-corrected chi connectivity index (χ0v) is 10.6. The first-order chi connectivity index (χ1) is 8.60. The third-order valence-corrected chi connectivity index (χ3v) is 3.00. The van der Waals surface area contributed by atoms with Crippen LogP contribution in [0.5, 0.6) is 0 Å². The minimum Gasteiger partial charge on any atom is -0.244 e. The Kier molecular flexibility index (Phi) is 3.27. The second kappa shape index (κ2) is 4.72. The molecule has 0 radical (unpaired) electrons. The summed E-state index contributed by atoms with van der Waals surface area (Å²) in [5.41, 5.74) is 1.60. The summed E-state index contributed by atoms with van der Waals surface area (Å²) in [4.78, 5) is 11.8. The number of nitrogens with zero attached hydrogens (tertiary/aromatic N) is 4. The quantitative estimate of drug-likeness (QED) is 0.823. The average molecular weight is 250 g/mol. The first kappa shape index (κ1) is 12.5. The topological polar surface area (TPSA) is 52.7 Å². The van der Waals surface area contributed by atoms with E-state index in [-0.39, 0.29) is 5.69 Å². The molecule has 0 aliphatic carbocycles. The van der Waals surface area contributed by atoms with E-state index >= 15 is 0 Å². The van der Waals surface area contributed by atoms with Crippen molar-refractivity contribution < 1.29 is 4.39 Å². The number of rotatable bonds is 3. The highest BCUT2D eigenvalue weighted by atomic mass is 19.1. The van der Waals surface area contributed by atoms with Gasteiger partial charge in [0.25, 0.3) is 0 Å². The molecule has 0 atom stereocenters. The molecule has 0 bridgehead atoms. The highest BCUT2D eigenvalue weighted by Crippen LogP contribution is 2.22. The zero-order chi connectivity index (χ0) is 13.3. The molecule has 0 aliphatic rings. The van der Waals surface area contributed by atoms with Gasteiger partial charge in [0.15, 0.2) is 0 Å². The fraction of sp³-hybridized carbons (Fsp3) is 0.417. The van der Waals surface area contributed by atoms with Crippen LogP contribution in [0, 0.1) is 5.82 Å². The summed E-state index contributed by atoms with van der Waals surface area (Å²) in [7, 11) is 1.49. The summed E-state index contributed by atoms with van der Waals surface area (Å²) in [5.74, 6) is -0.452. The Balaban J connectivity index is 2.77. The third-order valence-electron chi connectivity index (χ3n) is 3.00. The normalized spacial score (nSPS) is 10.9. The Morgan fingerprint density at radius 3 is 2.44 bits per heavy atom. The molecule has 0 spiro atoms. The predicted octanol–water partition coefficient (Wildman–Crippen LogP) is 1.23.